The molecule has 3 N–H and O–H groups in total. The molecule has 1 aromatic carbocycles. The summed E-state index contributed by atoms with van der Waals surface area (Å²) in [5, 5.41) is 0. The normalized spacial score (nSPS) is 19.9. The lowest BCUT2D eigenvalue weighted by Gasteiger charge is -2.22. The Morgan fingerprint density at radius 3 is 2.85 bits per heavy atom. The Bertz CT molecular complexity index is 552. The molecule has 1 heterocycles. The standard InChI is InChI=1S/C14H22N2O3S/c1-11-10-13(5-6-14(11)15)20(17,18)16-8-7-12-4-2-3-9-19-12/h5-6,10,12,16H,2-4,7-9,15H2,1H3. The second-order valence-electron chi connectivity index (χ2n) is 5.19. The van der Waals surface area contributed by atoms with Gasteiger partial charge in [-0.25, -0.2) is 13.1 Å². The first-order valence-corrected chi connectivity index (χ1v) is 8.45. The molecular weight excluding hydrogens is 276 g/mol. The van der Waals surface area contributed by atoms with Gasteiger partial charge in [0.2, 0.25) is 10.0 Å². The number of hydrogen-bond acceptors (Lipinski definition) is 4. The van der Waals surface area contributed by atoms with Crippen LogP contribution < -0.4 is 10.5 Å². The molecule has 0 spiro atoms. The molecule has 20 heavy (non-hydrogen) atoms. The van der Waals surface area contributed by atoms with Gasteiger partial charge in [-0.15, -0.1) is 0 Å². The minimum absolute atomic E-state index is 0.180. The lowest BCUT2D eigenvalue weighted by atomic mass is 10.1. The Morgan fingerprint density at radius 1 is 1.40 bits per heavy atom. The number of nitrogens with one attached hydrogen (secondary N) is 1. The van der Waals surface area contributed by atoms with Crippen molar-refractivity contribution in [3.05, 3.63) is 23.8 Å². The predicted octanol–water partition coefficient (Wildman–Crippen LogP) is 1.81. The zero-order valence-electron chi connectivity index (χ0n) is 11.8. The minimum Gasteiger partial charge on any atom is -0.399 e. The van der Waals surface area contributed by atoms with Crippen molar-refractivity contribution in [2.45, 2.75) is 43.6 Å². The maximum Gasteiger partial charge on any atom is 0.240 e. The van der Waals surface area contributed by atoms with Gasteiger partial charge in [0.15, 0.2) is 0 Å². The van der Waals surface area contributed by atoms with Crippen molar-refractivity contribution in [3.8, 4) is 0 Å². The fourth-order valence-electron chi connectivity index (χ4n) is 2.29. The van der Waals surface area contributed by atoms with E-state index in [1.54, 1.807) is 19.1 Å². The van der Waals surface area contributed by atoms with Gasteiger partial charge in [0.05, 0.1) is 11.0 Å². The first-order chi connectivity index (χ1) is 9.49. The molecule has 1 atom stereocenters. The zero-order chi connectivity index (χ0) is 14.6. The highest BCUT2D eigenvalue weighted by molar-refractivity contribution is 7.89. The van der Waals surface area contributed by atoms with E-state index in [1.165, 1.54) is 6.07 Å². The lowest BCUT2D eigenvalue weighted by molar-refractivity contribution is 0.0123. The van der Waals surface area contributed by atoms with Crippen LogP contribution >= 0.6 is 0 Å². The van der Waals surface area contributed by atoms with Gasteiger partial charge in [-0.05, 0) is 56.4 Å². The number of aryl methyl sites for hydroxylation is 1. The van der Waals surface area contributed by atoms with Crippen molar-refractivity contribution >= 4 is 15.7 Å². The van der Waals surface area contributed by atoms with Gasteiger partial charge in [-0.3, -0.25) is 0 Å². The maximum atomic E-state index is 12.1. The fraction of sp³-hybridized carbons (Fsp3) is 0.571. The Hall–Kier alpha value is -1.11. The molecule has 0 amide bonds. The number of nitrogens with two attached hydrogens (primary N) is 1. The van der Waals surface area contributed by atoms with E-state index >= 15 is 0 Å². The molecule has 0 bridgehead atoms. The van der Waals surface area contributed by atoms with Crippen LogP contribution in [0.15, 0.2) is 23.1 Å². The third-order valence-electron chi connectivity index (χ3n) is 3.58. The molecule has 1 aliphatic rings. The molecule has 1 aromatic rings. The van der Waals surface area contributed by atoms with Crippen LogP contribution in [0.4, 0.5) is 5.69 Å². The van der Waals surface area contributed by atoms with E-state index in [9.17, 15) is 8.42 Å². The fourth-order valence-corrected chi connectivity index (χ4v) is 3.42. The summed E-state index contributed by atoms with van der Waals surface area (Å²) in [5.41, 5.74) is 7.06. The van der Waals surface area contributed by atoms with Crippen molar-refractivity contribution in [1.29, 1.82) is 0 Å². The van der Waals surface area contributed by atoms with Gasteiger partial charge in [-0.1, -0.05) is 0 Å². The summed E-state index contributed by atoms with van der Waals surface area (Å²) in [4.78, 5) is 0.258. The topological polar surface area (TPSA) is 81.4 Å². The Morgan fingerprint density at radius 2 is 2.20 bits per heavy atom. The van der Waals surface area contributed by atoms with E-state index < -0.39 is 10.0 Å². The van der Waals surface area contributed by atoms with E-state index in [2.05, 4.69) is 4.72 Å². The number of hydrogen-bond donors (Lipinski definition) is 2. The van der Waals surface area contributed by atoms with Crippen LogP contribution in [0.1, 0.15) is 31.2 Å². The highest BCUT2D eigenvalue weighted by Gasteiger charge is 2.17. The number of ether oxygens (including phenoxy) is 1. The summed E-state index contributed by atoms with van der Waals surface area (Å²) in [6, 6.07) is 4.74. The predicted molar refractivity (Wildman–Crippen MR) is 79.0 cm³/mol. The van der Waals surface area contributed by atoms with Crippen molar-refractivity contribution in [1.82, 2.24) is 4.72 Å². The summed E-state index contributed by atoms with van der Waals surface area (Å²) in [6.07, 6.45) is 4.18. The van der Waals surface area contributed by atoms with Crippen molar-refractivity contribution < 1.29 is 13.2 Å². The third-order valence-corrected chi connectivity index (χ3v) is 5.04. The van der Waals surface area contributed by atoms with Crippen LogP contribution in [0.5, 0.6) is 0 Å². The van der Waals surface area contributed by atoms with E-state index in [4.69, 9.17) is 10.5 Å². The summed E-state index contributed by atoms with van der Waals surface area (Å²) in [5.74, 6) is 0. The monoisotopic (exact) mass is 298 g/mol. The smallest absolute Gasteiger partial charge is 0.240 e. The van der Waals surface area contributed by atoms with Crippen LogP contribution in [0.3, 0.4) is 0 Å². The van der Waals surface area contributed by atoms with E-state index in [-0.39, 0.29) is 11.0 Å². The van der Waals surface area contributed by atoms with E-state index in [0.717, 1.165) is 31.4 Å². The van der Waals surface area contributed by atoms with Gasteiger partial charge >= 0.3 is 0 Å². The first kappa shape index (κ1) is 15.3. The summed E-state index contributed by atoms with van der Waals surface area (Å²) < 4.78 is 32.5. The van der Waals surface area contributed by atoms with Crippen molar-refractivity contribution in [3.63, 3.8) is 0 Å². The molecular formula is C14H22N2O3S. The average Bonchev–Trinajstić information content (AvgIpc) is 2.43. The molecule has 1 fully saturated rings. The summed E-state index contributed by atoms with van der Waals surface area (Å²) >= 11 is 0. The van der Waals surface area contributed by atoms with Gasteiger partial charge in [-0.2, -0.15) is 0 Å². The van der Waals surface area contributed by atoms with Crippen molar-refractivity contribution in [2.75, 3.05) is 18.9 Å². The molecule has 0 aromatic heterocycles. The summed E-state index contributed by atoms with van der Waals surface area (Å²) in [7, 11) is -3.46. The highest BCUT2D eigenvalue weighted by atomic mass is 32.2. The highest BCUT2D eigenvalue weighted by Crippen LogP contribution is 2.18. The van der Waals surface area contributed by atoms with Gasteiger partial charge in [0.25, 0.3) is 0 Å². The molecule has 1 saturated heterocycles. The molecule has 1 unspecified atom stereocenters. The second-order valence-corrected chi connectivity index (χ2v) is 6.96. The largest absolute Gasteiger partial charge is 0.399 e. The average molecular weight is 298 g/mol. The number of nitrogen functional groups attached to an aromatic ring is 1. The van der Waals surface area contributed by atoms with Crippen molar-refractivity contribution in [2.24, 2.45) is 0 Å². The Kier molecular flexibility index (Phi) is 5.01. The molecule has 2 rings (SSSR count). The molecule has 6 heteroatoms. The molecule has 0 saturated carbocycles. The van der Waals surface area contributed by atoms with Crippen LogP contribution in [0.25, 0.3) is 0 Å². The molecule has 0 aliphatic carbocycles. The lowest BCUT2D eigenvalue weighted by Crippen LogP contribution is -2.29. The maximum absolute atomic E-state index is 12.1. The van der Waals surface area contributed by atoms with Gasteiger partial charge in [0, 0.05) is 18.8 Å². The van der Waals surface area contributed by atoms with E-state index in [0.29, 0.717) is 18.7 Å². The van der Waals surface area contributed by atoms with Gasteiger partial charge < -0.3 is 10.5 Å². The third kappa shape index (κ3) is 3.94. The Balaban J connectivity index is 1.91. The number of rotatable bonds is 5. The van der Waals surface area contributed by atoms with E-state index in [1.807, 2.05) is 0 Å². The molecule has 112 valence electrons. The van der Waals surface area contributed by atoms with Crippen LogP contribution in [-0.4, -0.2) is 27.7 Å². The summed E-state index contributed by atoms with van der Waals surface area (Å²) in [6.45, 7) is 2.98. The Labute approximate surface area is 120 Å². The number of benzene rings is 1. The number of sulfonamides is 1. The first-order valence-electron chi connectivity index (χ1n) is 6.96. The molecule has 0 radical (unpaired) electrons. The van der Waals surface area contributed by atoms with Crippen LogP contribution in [0.2, 0.25) is 0 Å². The zero-order valence-corrected chi connectivity index (χ0v) is 12.6. The van der Waals surface area contributed by atoms with Gasteiger partial charge in [0.1, 0.15) is 0 Å². The SMILES string of the molecule is Cc1cc(S(=O)(=O)NCCC2CCCCO2)ccc1N. The van der Waals surface area contributed by atoms with Crippen LogP contribution in [-0.2, 0) is 14.8 Å². The number of anilines is 1. The minimum atomic E-state index is -3.46. The second kappa shape index (κ2) is 6.56. The quantitative estimate of drug-likeness (QED) is 0.812. The molecule has 5 nitrogen and oxygen atoms in total. The molecule has 1 aliphatic heterocycles. The van der Waals surface area contributed by atoms with Crippen LogP contribution in [0, 0.1) is 6.92 Å².